The van der Waals surface area contributed by atoms with Gasteiger partial charge in [0.25, 0.3) is 0 Å². The molecule has 3 fully saturated rings. The Morgan fingerprint density at radius 1 is 1.35 bits per heavy atom. The maximum atomic E-state index is 12.4. The Kier molecular flexibility index (Phi) is 2.87. The summed E-state index contributed by atoms with van der Waals surface area (Å²) in [6.45, 7) is 7.21. The molecule has 1 aliphatic carbocycles. The van der Waals surface area contributed by atoms with Crippen LogP contribution in [0.5, 0.6) is 0 Å². The summed E-state index contributed by atoms with van der Waals surface area (Å²) in [4.78, 5) is 16.8. The number of ether oxygens (including phenoxy) is 1. The molecule has 0 aromatic heterocycles. The second kappa shape index (κ2) is 4.25. The number of hydrogen-bond donors (Lipinski definition) is 0. The van der Waals surface area contributed by atoms with Crippen molar-refractivity contribution in [2.45, 2.75) is 31.7 Å². The Morgan fingerprint density at radius 3 is 2.71 bits per heavy atom. The quantitative estimate of drug-likeness (QED) is 0.710. The van der Waals surface area contributed by atoms with Gasteiger partial charge in [-0.2, -0.15) is 0 Å². The topological polar surface area (TPSA) is 32.8 Å². The van der Waals surface area contributed by atoms with Gasteiger partial charge in [0.1, 0.15) is 0 Å². The van der Waals surface area contributed by atoms with Crippen LogP contribution < -0.4 is 0 Å². The third kappa shape index (κ3) is 1.97. The lowest BCUT2D eigenvalue weighted by atomic mass is 10.1. The number of hydrogen-bond acceptors (Lipinski definition) is 3. The lowest BCUT2D eigenvalue weighted by molar-refractivity contribution is -0.135. The normalized spacial score (nSPS) is 37.7. The minimum Gasteiger partial charge on any atom is -0.379 e. The molecule has 2 aliphatic heterocycles. The molecule has 3 rings (SSSR count). The van der Waals surface area contributed by atoms with E-state index in [2.05, 4.69) is 16.7 Å². The summed E-state index contributed by atoms with van der Waals surface area (Å²) in [7, 11) is 0. The summed E-state index contributed by atoms with van der Waals surface area (Å²) in [5.41, 5.74) is 0.267. The minimum atomic E-state index is 0.267. The summed E-state index contributed by atoms with van der Waals surface area (Å²) in [5.74, 6) is 1.06. The Hall–Kier alpha value is -0.610. The summed E-state index contributed by atoms with van der Waals surface area (Å²) >= 11 is 0. The first kappa shape index (κ1) is 11.5. The van der Waals surface area contributed by atoms with Crippen molar-refractivity contribution < 1.29 is 9.53 Å². The number of rotatable bonds is 2. The zero-order valence-corrected chi connectivity index (χ0v) is 10.7. The van der Waals surface area contributed by atoms with Crippen molar-refractivity contribution in [3.63, 3.8) is 0 Å². The van der Waals surface area contributed by atoms with Gasteiger partial charge in [-0.25, -0.2) is 0 Å². The second-order valence-electron chi connectivity index (χ2n) is 5.75. The monoisotopic (exact) mass is 238 g/mol. The highest BCUT2D eigenvalue weighted by molar-refractivity contribution is 5.80. The predicted molar refractivity (Wildman–Crippen MR) is 64.7 cm³/mol. The number of nitrogens with zero attached hydrogens (tertiary/aromatic N) is 2. The fourth-order valence-electron chi connectivity index (χ4n) is 3.51. The van der Waals surface area contributed by atoms with E-state index in [-0.39, 0.29) is 5.54 Å². The van der Waals surface area contributed by atoms with Crippen molar-refractivity contribution >= 4 is 5.91 Å². The standard InChI is InChI=1S/C13H22N2O2/c1-11-9-13(11)3-2-4-15(13)12(16)10-14-5-7-17-8-6-14/h11H,2-10H2,1H3/t11-,13+/m0/s1. The Labute approximate surface area is 103 Å². The van der Waals surface area contributed by atoms with E-state index in [1.165, 1.54) is 19.3 Å². The van der Waals surface area contributed by atoms with Gasteiger partial charge >= 0.3 is 0 Å². The lowest BCUT2D eigenvalue weighted by Crippen LogP contribution is -2.47. The molecule has 4 nitrogen and oxygen atoms in total. The summed E-state index contributed by atoms with van der Waals surface area (Å²) < 4.78 is 5.31. The number of likely N-dealkylation sites (tertiary alicyclic amines) is 1. The Balaban J connectivity index is 1.58. The third-order valence-corrected chi connectivity index (χ3v) is 4.71. The average Bonchev–Trinajstić information content (AvgIpc) is 2.78. The van der Waals surface area contributed by atoms with Crippen LogP contribution in [-0.2, 0) is 9.53 Å². The van der Waals surface area contributed by atoms with Gasteiger partial charge in [0.15, 0.2) is 0 Å². The first-order valence-corrected chi connectivity index (χ1v) is 6.83. The molecule has 2 atom stereocenters. The predicted octanol–water partition coefficient (Wildman–Crippen LogP) is 0.720. The fraction of sp³-hybridized carbons (Fsp3) is 0.923. The van der Waals surface area contributed by atoms with Crippen LogP contribution in [0.3, 0.4) is 0 Å². The van der Waals surface area contributed by atoms with Crippen LogP contribution in [0.1, 0.15) is 26.2 Å². The van der Waals surface area contributed by atoms with Gasteiger partial charge in [-0.05, 0) is 25.2 Å². The molecule has 0 radical (unpaired) electrons. The lowest BCUT2D eigenvalue weighted by Gasteiger charge is -2.31. The highest BCUT2D eigenvalue weighted by Crippen LogP contribution is 2.54. The van der Waals surface area contributed by atoms with Crippen molar-refractivity contribution in [2.75, 3.05) is 39.4 Å². The second-order valence-corrected chi connectivity index (χ2v) is 5.75. The molecule has 3 aliphatic rings. The van der Waals surface area contributed by atoms with E-state index in [1.807, 2.05) is 0 Å². The van der Waals surface area contributed by atoms with Crippen LogP contribution in [0, 0.1) is 5.92 Å². The molecule has 2 saturated heterocycles. The third-order valence-electron chi connectivity index (χ3n) is 4.71. The summed E-state index contributed by atoms with van der Waals surface area (Å²) in [5, 5.41) is 0. The summed E-state index contributed by atoms with van der Waals surface area (Å²) in [6, 6.07) is 0. The zero-order chi connectivity index (χ0) is 11.9. The molecule has 17 heavy (non-hydrogen) atoms. The van der Waals surface area contributed by atoms with Crippen LogP contribution >= 0.6 is 0 Å². The van der Waals surface area contributed by atoms with Gasteiger partial charge in [0, 0.05) is 25.2 Å². The molecule has 1 spiro atoms. The largest absolute Gasteiger partial charge is 0.379 e. The highest BCUT2D eigenvalue weighted by atomic mass is 16.5. The molecule has 0 N–H and O–H groups in total. The van der Waals surface area contributed by atoms with Crippen LogP contribution in [0.15, 0.2) is 0 Å². The SMILES string of the molecule is C[C@H]1C[C@]12CCCN2C(=O)CN1CCOCC1. The summed E-state index contributed by atoms with van der Waals surface area (Å²) in [6.07, 6.45) is 3.64. The van der Waals surface area contributed by atoms with E-state index in [9.17, 15) is 4.79 Å². The Morgan fingerprint density at radius 2 is 2.06 bits per heavy atom. The maximum absolute atomic E-state index is 12.4. The van der Waals surface area contributed by atoms with E-state index in [1.54, 1.807) is 0 Å². The van der Waals surface area contributed by atoms with Crippen LogP contribution in [-0.4, -0.2) is 60.6 Å². The first-order chi connectivity index (χ1) is 8.22. The molecule has 1 amide bonds. The van der Waals surface area contributed by atoms with E-state index in [0.717, 1.165) is 38.8 Å². The van der Waals surface area contributed by atoms with Gasteiger partial charge in [-0.1, -0.05) is 6.92 Å². The van der Waals surface area contributed by atoms with E-state index >= 15 is 0 Å². The molecule has 0 unspecified atom stereocenters. The molecule has 0 aromatic rings. The molecule has 0 aromatic carbocycles. The number of carbonyl (C=O) groups is 1. The van der Waals surface area contributed by atoms with Crippen molar-refractivity contribution in [2.24, 2.45) is 5.92 Å². The molecule has 1 saturated carbocycles. The maximum Gasteiger partial charge on any atom is 0.237 e. The van der Waals surface area contributed by atoms with Gasteiger partial charge in [0.2, 0.25) is 5.91 Å². The number of carbonyl (C=O) groups excluding carboxylic acids is 1. The van der Waals surface area contributed by atoms with Crippen molar-refractivity contribution in [3.8, 4) is 0 Å². The molecule has 2 heterocycles. The van der Waals surface area contributed by atoms with E-state index in [4.69, 9.17) is 4.74 Å². The minimum absolute atomic E-state index is 0.267. The van der Waals surface area contributed by atoms with Crippen LogP contribution in [0.4, 0.5) is 0 Å². The van der Waals surface area contributed by atoms with E-state index < -0.39 is 0 Å². The van der Waals surface area contributed by atoms with Crippen LogP contribution in [0.25, 0.3) is 0 Å². The van der Waals surface area contributed by atoms with Crippen LogP contribution in [0.2, 0.25) is 0 Å². The number of morpholine rings is 1. The van der Waals surface area contributed by atoms with Gasteiger partial charge in [-0.3, -0.25) is 9.69 Å². The molecular formula is C13H22N2O2. The molecule has 96 valence electrons. The fourth-order valence-corrected chi connectivity index (χ4v) is 3.51. The highest BCUT2D eigenvalue weighted by Gasteiger charge is 2.58. The average molecular weight is 238 g/mol. The molecule has 4 heteroatoms. The molecular weight excluding hydrogens is 216 g/mol. The Bertz CT molecular complexity index is 315. The van der Waals surface area contributed by atoms with Crippen molar-refractivity contribution in [1.82, 2.24) is 9.80 Å². The van der Waals surface area contributed by atoms with Gasteiger partial charge < -0.3 is 9.64 Å². The zero-order valence-electron chi connectivity index (χ0n) is 10.7. The first-order valence-electron chi connectivity index (χ1n) is 6.83. The van der Waals surface area contributed by atoms with Crippen molar-refractivity contribution in [3.05, 3.63) is 0 Å². The smallest absolute Gasteiger partial charge is 0.237 e. The van der Waals surface area contributed by atoms with Crippen molar-refractivity contribution in [1.29, 1.82) is 0 Å². The molecule has 0 bridgehead atoms. The van der Waals surface area contributed by atoms with Gasteiger partial charge in [-0.15, -0.1) is 0 Å². The van der Waals surface area contributed by atoms with E-state index in [0.29, 0.717) is 12.5 Å². The number of amides is 1. The van der Waals surface area contributed by atoms with Gasteiger partial charge in [0.05, 0.1) is 19.8 Å².